The molecule has 0 unspecified atom stereocenters. The summed E-state index contributed by atoms with van der Waals surface area (Å²) in [4.78, 5) is 19.6. The lowest BCUT2D eigenvalue weighted by molar-refractivity contribution is -0.134. The zero-order valence-electron chi connectivity index (χ0n) is 14.1. The molecule has 0 aliphatic rings. The molecule has 3 N–H and O–H groups in total. The van der Waals surface area contributed by atoms with Crippen molar-refractivity contribution in [3.63, 3.8) is 0 Å². The molecule has 0 aliphatic heterocycles. The molecule has 0 amide bonds. The van der Waals surface area contributed by atoms with Gasteiger partial charge in [0, 0.05) is 23.4 Å². The van der Waals surface area contributed by atoms with Crippen LogP contribution in [0.3, 0.4) is 0 Å². The van der Waals surface area contributed by atoms with Gasteiger partial charge in [-0.3, -0.25) is 4.79 Å². The van der Waals surface area contributed by atoms with E-state index < -0.39 is 5.97 Å². The number of carboxylic acids is 1. The minimum Gasteiger partial charge on any atom is -0.497 e. The highest BCUT2D eigenvalue weighted by Gasteiger charge is 2.08. The van der Waals surface area contributed by atoms with Crippen LogP contribution in [0.2, 0.25) is 0 Å². The lowest BCUT2D eigenvalue weighted by atomic mass is 10.1. The average Bonchev–Trinajstić information content (AvgIpc) is 2.67. The lowest BCUT2D eigenvalue weighted by Gasteiger charge is -2.11. The summed E-state index contributed by atoms with van der Waals surface area (Å²) < 4.78 is 5.22. The molecule has 1 heterocycles. The Morgan fingerprint density at radius 3 is 2.62 bits per heavy atom. The topological polar surface area (TPSA) is 96.4 Å². The van der Waals surface area contributed by atoms with Crippen LogP contribution in [0.25, 0.3) is 11.3 Å². The normalized spacial score (nSPS) is 10.2. The Morgan fingerprint density at radius 1 is 1.08 bits per heavy atom. The van der Waals surface area contributed by atoms with Crippen molar-refractivity contribution >= 4 is 23.4 Å². The fourth-order valence-corrected chi connectivity index (χ4v) is 2.35. The number of anilines is 3. The summed E-state index contributed by atoms with van der Waals surface area (Å²) in [6.07, 6.45) is 0. The summed E-state index contributed by atoms with van der Waals surface area (Å²) in [5.74, 6) is 0.511. The number of rotatable bonds is 7. The molecule has 3 rings (SSSR count). The Labute approximate surface area is 150 Å². The van der Waals surface area contributed by atoms with Crippen LogP contribution in [0.4, 0.5) is 17.5 Å². The molecule has 26 heavy (non-hydrogen) atoms. The summed E-state index contributed by atoms with van der Waals surface area (Å²) in [6.45, 7) is -0.267. The number of benzene rings is 2. The van der Waals surface area contributed by atoms with Gasteiger partial charge in [-0.15, -0.1) is 0 Å². The van der Waals surface area contributed by atoms with Gasteiger partial charge in [-0.2, -0.15) is 4.98 Å². The van der Waals surface area contributed by atoms with Gasteiger partial charge >= 0.3 is 5.97 Å². The van der Waals surface area contributed by atoms with E-state index in [1.54, 1.807) is 13.2 Å². The molecule has 0 saturated carbocycles. The van der Waals surface area contributed by atoms with Crippen molar-refractivity contribution in [1.82, 2.24) is 9.97 Å². The van der Waals surface area contributed by atoms with Crippen molar-refractivity contribution in [2.24, 2.45) is 0 Å². The maximum Gasteiger partial charge on any atom is 0.322 e. The van der Waals surface area contributed by atoms with Crippen molar-refractivity contribution < 1.29 is 14.6 Å². The summed E-state index contributed by atoms with van der Waals surface area (Å²) in [7, 11) is 1.60. The summed E-state index contributed by atoms with van der Waals surface area (Å²) in [5, 5.41) is 14.8. The van der Waals surface area contributed by atoms with E-state index in [0.29, 0.717) is 11.5 Å². The van der Waals surface area contributed by atoms with Crippen molar-refractivity contribution in [1.29, 1.82) is 0 Å². The Balaban J connectivity index is 1.94. The highest BCUT2D eigenvalue weighted by Crippen LogP contribution is 2.25. The van der Waals surface area contributed by atoms with E-state index in [1.807, 2.05) is 54.6 Å². The third-order valence-electron chi connectivity index (χ3n) is 3.54. The number of hydrogen-bond acceptors (Lipinski definition) is 6. The van der Waals surface area contributed by atoms with E-state index in [9.17, 15) is 4.79 Å². The van der Waals surface area contributed by atoms with Gasteiger partial charge in [0.2, 0.25) is 5.95 Å². The first kappa shape index (κ1) is 17.2. The number of aromatic nitrogens is 2. The van der Waals surface area contributed by atoms with Gasteiger partial charge in [0.25, 0.3) is 0 Å². The SMILES string of the molecule is COc1cccc(Nc2cc(-c3ccccc3)nc(NCC(=O)O)n2)c1. The van der Waals surface area contributed by atoms with Crippen molar-refractivity contribution in [2.75, 3.05) is 24.3 Å². The number of carbonyl (C=O) groups is 1. The second kappa shape index (κ2) is 7.98. The number of methoxy groups -OCH3 is 1. The largest absolute Gasteiger partial charge is 0.497 e. The fourth-order valence-electron chi connectivity index (χ4n) is 2.35. The minimum absolute atomic E-state index is 0.235. The molecule has 1 aromatic heterocycles. The van der Waals surface area contributed by atoms with Crippen LogP contribution < -0.4 is 15.4 Å². The predicted molar refractivity (Wildman–Crippen MR) is 99.9 cm³/mol. The number of carboxylic acid groups (broad SMARTS) is 1. The fraction of sp³-hybridized carbons (Fsp3) is 0.105. The number of ether oxygens (including phenoxy) is 1. The van der Waals surface area contributed by atoms with Crippen molar-refractivity contribution in [3.05, 3.63) is 60.7 Å². The molecule has 0 radical (unpaired) electrons. The Kier molecular flexibility index (Phi) is 5.28. The van der Waals surface area contributed by atoms with Gasteiger partial charge in [0.15, 0.2) is 0 Å². The summed E-state index contributed by atoms with van der Waals surface area (Å²) in [6, 6.07) is 18.9. The number of hydrogen-bond donors (Lipinski definition) is 3. The van der Waals surface area contributed by atoms with Crippen molar-refractivity contribution in [3.8, 4) is 17.0 Å². The van der Waals surface area contributed by atoms with E-state index in [1.165, 1.54) is 0 Å². The van der Waals surface area contributed by atoms with Crippen molar-refractivity contribution in [2.45, 2.75) is 0 Å². The molecule has 0 bridgehead atoms. The Hall–Kier alpha value is -3.61. The quantitative estimate of drug-likeness (QED) is 0.601. The molecule has 0 saturated heterocycles. The molecule has 3 aromatic rings. The zero-order valence-corrected chi connectivity index (χ0v) is 14.1. The van der Waals surface area contributed by atoms with Crippen LogP contribution in [-0.2, 0) is 4.79 Å². The standard InChI is InChI=1S/C19H18N4O3/c1-26-15-9-5-8-14(10-15)21-17-11-16(13-6-3-2-4-7-13)22-19(23-17)20-12-18(24)25/h2-11H,12H2,1H3,(H,24,25)(H2,20,21,22,23). The monoisotopic (exact) mass is 350 g/mol. The number of aliphatic carboxylic acids is 1. The maximum absolute atomic E-state index is 10.8. The third-order valence-corrected chi connectivity index (χ3v) is 3.54. The van der Waals surface area contributed by atoms with Gasteiger partial charge in [-0.05, 0) is 12.1 Å². The zero-order chi connectivity index (χ0) is 18.4. The molecule has 2 aromatic carbocycles. The Bertz CT molecular complexity index is 900. The molecule has 0 atom stereocenters. The molecule has 0 spiro atoms. The van der Waals surface area contributed by atoms with Gasteiger partial charge in [-0.1, -0.05) is 36.4 Å². The minimum atomic E-state index is -0.985. The second-order valence-electron chi connectivity index (χ2n) is 5.43. The predicted octanol–water partition coefficient (Wildman–Crippen LogP) is 3.39. The lowest BCUT2D eigenvalue weighted by Crippen LogP contribution is -2.15. The maximum atomic E-state index is 10.8. The van der Waals surface area contributed by atoms with Gasteiger partial charge in [-0.25, -0.2) is 4.98 Å². The number of nitrogens with zero attached hydrogens (tertiary/aromatic N) is 2. The van der Waals surface area contributed by atoms with Gasteiger partial charge in [0.1, 0.15) is 18.1 Å². The second-order valence-corrected chi connectivity index (χ2v) is 5.43. The summed E-state index contributed by atoms with van der Waals surface area (Å²) in [5.41, 5.74) is 2.38. The van der Waals surface area contributed by atoms with Crippen LogP contribution in [0.15, 0.2) is 60.7 Å². The third kappa shape index (κ3) is 4.47. The highest BCUT2D eigenvalue weighted by molar-refractivity contribution is 5.73. The first-order valence-corrected chi connectivity index (χ1v) is 7.95. The smallest absolute Gasteiger partial charge is 0.322 e. The van der Waals surface area contributed by atoms with Crippen LogP contribution in [-0.4, -0.2) is 34.7 Å². The molecule has 0 fully saturated rings. The van der Waals surface area contributed by atoms with Crippen LogP contribution in [0.5, 0.6) is 5.75 Å². The molecular weight excluding hydrogens is 332 g/mol. The molecule has 0 aliphatic carbocycles. The first-order valence-electron chi connectivity index (χ1n) is 7.95. The molecule has 7 heteroatoms. The van der Waals surface area contributed by atoms with Gasteiger partial charge < -0.3 is 20.5 Å². The van der Waals surface area contributed by atoms with Gasteiger partial charge in [0.05, 0.1) is 12.8 Å². The molecule has 7 nitrogen and oxygen atoms in total. The van der Waals surface area contributed by atoms with E-state index in [0.717, 1.165) is 17.0 Å². The van der Waals surface area contributed by atoms with Crippen LogP contribution in [0.1, 0.15) is 0 Å². The summed E-state index contributed by atoms with van der Waals surface area (Å²) >= 11 is 0. The Morgan fingerprint density at radius 2 is 1.88 bits per heavy atom. The molecular formula is C19H18N4O3. The number of nitrogens with one attached hydrogen (secondary N) is 2. The van der Waals surface area contributed by atoms with Crippen LogP contribution in [0, 0.1) is 0 Å². The van der Waals surface area contributed by atoms with E-state index in [-0.39, 0.29) is 12.5 Å². The first-order chi connectivity index (χ1) is 12.6. The van der Waals surface area contributed by atoms with E-state index >= 15 is 0 Å². The average molecular weight is 350 g/mol. The van der Waals surface area contributed by atoms with Crippen LogP contribution >= 0.6 is 0 Å². The molecule has 132 valence electrons. The van der Waals surface area contributed by atoms with E-state index in [2.05, 4.69) is 20.6 Å². The van der Waals surface area contributed by atoms with E-state index in [4.69, 9.17) is 9.84 Å². The highest BCUT2D eigenvalue weighted by atomic mass is 16.5.